The molecule has 0 saturated heterocycles. The van der Waals surface area contributed by atoms with Gasteiger partial charge >= 0.3 is 0 Å². The number of nitrogens with one attached hydrogen (secondary N) is 2. The fourth-order valence-electron chi connectivity index (χ4n) is 1.51. The summed E-state index contributed by atoms with van der Waals surface area (Å²) >= 11 is 0. The van der Waals surface area contributed by atoms with Crippen LogP contribution in [0.5, 0.6) is 0 Å². The van der Waals surface area contributed by atoms with E-state index in [0.29, 0.717) is 19.6 Å². The number of rotatable bonds is 13. The average molecular weight is 308 g/mol. The minimum Gasteiger partial charge on any atom is -0.381 e. The van der Waals surface area contributed by atoms with Crippen molar-refractivity contribution in [2.24, 2.45) is 0 Å². The van der Waals surface area contributed by atoms with Crippen LogP contribution in [0.2, 0.25) is 0 Å². The van der Waals surface area contributed by atoms with Gasteiger partial charge in [0.05, 0.1) is 18.8 Å². The van der Waals surface area contributed by atoms with Crippen molar-refractivity contribution in [3.05, 3.63) is 0 Å². The number of hydrazine groups is 1. The van der Waals surface area contributed by atoms with Crippen LogP contribution < -0.4 is 10.3 Å². The van der Waals surface area contributed by atoms with Crippen LogP contribution in [-0.2, 0) is 19.6 Å². The molecule has 0 fully saturated rings. The molecule has 0 rings (SSSR count). The summed E-state index contributed by atoms with van der Waals surface area (Å²) in [4.78, 5) is 13.5. The second-order valence-electron chi connectivity index (χ2n) is 4.75. The van der Waals surface area contributed by atoms with E-state index in [0.717, 1.165) is 32.1 Å². The summed E-state index contributed by atoms with van der Waals surface area (Å²) < 4.78 is 28.3. The zero-order valence-electron chi connectivity index (χ0n) is 12.6. The van der Waals surface area contributed by atoms with E-state index in [2.05, 4.69) is 17.2 Å². The second-order valence-corrected chi connectivity index (χ2v) is 6.59. The van der Waals surface area contributed by atoms with E-state index in [1.165, 1.54) is 0 Å². The Balaban J connectivity index is 3.61. The zero-order valence-corrected chi connectivity index (χ0v) is 13.4. The molecule has 0 saturated carbocycles. The van der Waals surface area contributed by atoms with Gasteiger partial charge in [-0.05, 0) is 12.8 Å². The standard InChI is InChI=1S/C13H28N2O4S/c1-3-5-7-10-19-11-9-13(16)14-15-20(17,18)12-8-6-4-2/h15H,3-12H2,1-2H3,(H,14,16). The normalized spacial score (nSPS) is 11.5. The molecule has 0 aliphatic rings. The van der Waals surface area contributed by atoms with Gasteiger partial charge in [-0.1, -0.05) is 39.5 Å². The van der Waals surface area contributed by atoms with E-state index < -0.39 is 10.0 Å². The summed E-state index contributed by atoms with van der Waals surface area (Å²) in [6.45, 7) is 5.07. The summed E-state index contributed by atoms with van der Waals surface area (Å²) in [7, 11) is -3.41. The van der Waals surface area contributed by atoms with Crippen molar-refractivity contribution in [3.63, 3.8) is 0 Å². The van der Waals surface area contributed by atoms with Crippen LogP contribution in [0.4, 0.5) is 0 Å². The lowest BCUT2D eigenvalue weighted by molar-refractivity contribution is -0.122. The van der Waals surface area contributed by atoms with Crippen molar-refractivity contribution >= 4 is 15.9 Å². The maximum Gasteiger partial charge on any atom is 0.237 e. The molecule has 0 aromatic rings. The molecule has 0 aliphatic carbocycles. The SMILES string of the molecule is CCCCCOCCC(=O)NNS(=O)(=O)CCCCC. The van der Waals surface area contributed by atoms with E-state index in [1.807, 2.05) is 6.92 Å². The predicted molar refractivity (Wildman–Crippen MR) is 79.6 cm³/mol. The first-order chi connectivity index (χ1) is 9.52. The Hall–Kier alpha value is -0.660. The van der Waals surface area contributed by atoms with Gasteiger partial charge in [-0.25, -0.2) is 8.42 Å². The summed E-state index contributed by atoms with van der Waals surface area (Å²) in [6, 6.07) is 0. The van der Waals surface area contributed by atoms with Gasteiger partial charge in [-0.3, -0.25) is 10.2 Å². The van der Waals surface area contributed by atoms with E-state index in [1.54, 1.807) is 0 Å². The quantitative estimate of drug-likeness (QED) is 0.401. The van der Waals surface area contributed by atoms with Gasteiger partial charge in [0.2, 0.25) is 15.9 Å². The lowest BCUT2D eigenvalue weighted by Gasteiger charge is -2.08. The number of unbranched alkanes of at least 4 members (excludes halogenated alkanes) is 4. The molecular formula is C13H28N2O4S. The highest BCUT2D eigenvalue weighted by molar-refractivity contribution is 7.89. The first-order valence-electron chi connectivity index (χ1n) is 7.38. The molecule has 0 aliphatic heterocycles. The minimum absolute atomic E-state index is 0.0363. The molecule has 0 aromatic carbocycles. The molecule has 0 heterocycles. The molecule has 20 heavy (non-hydrogen) atoms. The van der Waals surface area contributed by atoms with E-state index in [9.17, 15) is 13.2 Å². The van der Waals surface area contributed by atoms with Crippen molar-refractivity contribution in [3.8, 4) is 0 Å². The Kier molecular flexibility index (Phi) is 11.7. The van der Waals surface area contributed by atoms with E-state index >= 15 is 0 Å². The number of sulfonamides is 1. The number of hydrogen-bond acceptors (Lipinski definition) is 4. The van der Waals surface area contributed by atoms with Gasteiger partial charge in [0.15, 0.2) is 0 Å². The molecular weight excluding hydrogens is 280 g/mol. The van der Waals surface area contributed by atoms with Gasteiger partial charge < -0.3 is 4.74 Å². The monoisotopic (exact) mass is 308 g/mol. The zero-order chi connectivity index (χ0) is 15.3. The maximum absolute atomic E-state index is 11.5. The molecule has 7 heteroatoms. The second kappa shape index (κ2) is 12.1. The predicted octanol–water partition coefficient (Wildman–Crippen LogP) is 1.72. The fourth-order valence-corrected chi connectivity index (χ4v) is 2.47. The van der Waals surface area contributed by atoms with Crippen LogP contribution in [0.1, 0.15) is 58.8 Å². The van der Waals surface area contributed by atoms with Crippen molar-refractivity contribution in [1.29, 1.82) is 0 Å². The number of hydrogen-bond donors (Lipinski definition) is 2. The van der Waals surface area contributed by atoms with Gasteiger partial charge in [0, 0.05) is 6.61 Å². The molecule has 6 nitrogen and oxygen atoms in total. The van der Waals surface area contributed by atoms with Crippen LogP contribution in [0, 0.1) is 0 Å². The highest BCUT2D eigenvalue weighted by Gasteiger charge is 2.10. The molecule has 0 aromatic heterocycles. The summed E-state index contributed by atoms with van der Waals surface area (Å²) in [5.41, 5.74) is 2.20. The first-order valence-corrected chi connectivity index (χ1v) is 9.03. The third kappa shape index (κ3) is 12.4. The summed E-state index contributed by atoms with van der Waals surface area (Å²) in [6.07, 6.45) is 5.80. The third-order valence-corrected chi connectivity index (χ3v) is 3.97. The van der Waals surface area contributed by atoms with E-state index in [4.69, 9.17) is 4.74 Å². The molecule has 120 valence electrons. The Morgan fingerprint density at radius 2 is 1.65 bits per heavy atom. The number of amides is 1. The topological polar surface area (TPSA) is 84.5 Å². The van der Waals surface area contributed by atoms with Crippen LogP contribution >= 0.6 is 0 Å². The first kappa shape index (κ1) is 19.3. The minimum atomic E-state index is -3.41. The largest absolute Gasteiger partial charge is 0.381 e. The lowest BCUT2D eigenvalue weighted by atomic mass is 10.3. The van der Waals surface area contributed by atoms with Crippen molar-refractivity contribution < 1.29 is 17.9 Å². The van der Waals surface area contributed by atoms with Crippen molar-refractivity contribution in [1.82, 2.24) is 10.3 Å². The molecule has 0 unspecified atom stereocenters. The average Bonchev–Trinajstić information content (AvgIpc) is 2.41. The number of ether oxygens (including phenoxy) is 1. The molecule has 0 bridgehead atoms. The molecule has 1 amide bonds. The molecule has 0 spiro atoms. The highest BCUT2D eigenvalue weighted by Crippen LogP contribution is 1.97. The Bertz CT molecular complexity index is 344. The Morgan fingerprint density at radius 1 is 1.00 bits per heavy atom. The van der Waals surface area contributed by atoms with Gasteiger partial charge in [-0.2, -0.15) is 0 Å². The van der Waals surface area contributed by atoms with Gasteiger partial charge in [0.1, 0.15) is 0 Å². The fraction of sp³-hybridized carbons (Fsp3) is 0.923. The summed E-state index contributed by atoms with van der Waals surface area (Å²) in [5.74, 6) is -0.339. The van der Waals surface area contributed by atoms with Gasteiger partial charge in [-0.15, -0.1) is 4.83 Å². The lowest BCUT2D eigenvalue weighted by Crippen LogP contribution is -2.42. The van der Waals surface area contributed by atoms with Gasteiger partial charge in [0.25, 0.3) is 0 Å². The smallest absolute Gasteiger partial charge is 0.237 e. The van der Waals surface area contributed by atoms with Crippen LogP contribution in [0.15, 0.2) is 0 Å². The van der Waals surface area contributed by atoms with Crippen LogP contribution in [-0.4, -0.2) is 33.3 Å². The third-order valence-electron chi connectivity index (χ3n) is 2.73. The van der Waals surface area contributed by atoms with Crippen LogP contribution in [0.25, 0.3) is 0 Å². The Labute approximate surface area is 122 Å². The van der Waals surface area contributed by atoms with Crippen molar-refractivity contribution in [2.45, 2.75) is 58.8 Å². The maximum atomic E-state index is 11.5. The highest BCUT2D eigenvalue weighted by atomic mass is 32.2. The molecule has 0 radical (unpaired) electrons. The Morgan fingerprint density at radius 3 is 2.30 bits per heavy atom. The summed E-state index contributed by atoms with van der Waals surface area (Å²) in [5, 5.41) is 0. The van der Waals surface area contributed by atoms with E-state index in [-0.39, 0.29) is 18.1 Å². The molecule has 0 atom stereocenters. The van der Waals surface area contributed by atoms with Crippen LogP contribution in [0.3, 0.4) is 0 Å². The molecule has 2 N–H and O–H groups in total. The van der Waals surface area contributed by atoms with Crippen molar-refractivity contribution in [2.75, 3.05) is 19.0 Å². The number of carbonyl (C=O) groups is 1. The number of carbonyl (C=O) groups excluding carboxylic acids is 1.